The van der Waals surface area contributed by atoms with E-state index in [0.29, 0.717) is 11.6 Å². The third-order valence-electron chi connectivity index (χ3n) is 6.36. The summed E-state index contributed by atoms with van der Waals surface area (Å²) >= 11 is 7.76. The second-order valence-corrected chi connectivity index (χ2v) is 9.86. The number of ether oxygens (including phenoxy) is 1. The number of fused-ring (bicyclic) bond motifs is 3. The van der Waals surface area contributed by atoms with E-state index in [4.69, 9.17) is 26.3 Å². The number of aromatic hydroxyl groups is 1. The first-order valence-corrected chi connectivity index (χ1v) is 12.2. The number of rotatable bonds is 5. The first kappa shape index (κ1) is 21.9. The van der Waals surface area contributed by atoms with E-state index >= 15 is 0 Å². The Bertz CT molecular complexity index is 1330. The molecule has 0 spiro atoms. The van der Waals surface area contributed by atoms with Crippen LogP contribution >= 0.6 is 22.9 Å². The number of halogens is 1. The smallest absolute Gasteiger partial charge is 0.308 e. The van der Waals surface area contributed by atoms with Crippen molar-refractivity contribution in [3.8, 4) is 5.75 Å². The fourth-order valence-electron chi connectivity index (χ4n) is 4.55. The Morgan fingerprint density at radius 1 is 1.18 bits per heavy atom. The minimum Gasteiger partial charge on any atom is -0.506 e. The minimum absolute atomic E-state index is 0.0313. The van der Waals surface area contributed by atoms with Crippen molar-refractivity contribution in [2.45, 2.75) is 38.1 Å². The average Bonchev–Trinajstić information content (AvgIpc) is 3.23. The van der Waals surface area contributed by atoms with Crippen LogP contribution in [0.2, 0.25) is 5.02 Å². The van der Waals surface area contributed by atoms with Crippen LogP contribution in [0, 0.1) is 5.92 Å². The highest BCUT2D eigenvalue weighted by Crippen LogP contribution is 2.40. The van der Waals surface area contributed by atoms with Crippen molar-refractivity contribution in [3.63, 3.8) is 0 Å². The van der Waals surface area contributed by atoms with Crippen molar-refractivity contribution in [1.82, 2.24) is 9.97 Å². The number of nitrogens with zero attached hydrogens (tertiary/aromatic N) is 2. The molecule has 6 nitrogen and oxygen atoms in total. The van der Waals surface area contributed by atoms with Gasteiger partial charge in [-0.05, 0) is 49.4 Å². The number of carbonyl (C=O) groups is 1. The lowest BCUT2D eigenvalue weighted by molar-refractivity contribution is -0.146. The van der Waals surface area contributed by atoms with Crippen molar-refractivity contribution in [2.24, 2.45) is 5.92 Å². The summed E-state index contributed by atoms with van der Waals surface area (Å²) in [5.74, 6) is 1.75. The number of nitrogens with one attached hydrogen (secondary N) is 1. The second-order valence-electron chi connectivity index (χ2n) is 8.42. The molecule has 1 saturated carbocycles. The van der Waals surface area contributed by atoms with Crippen molar-refractivity contribution in [1.29, 1.82) is 0 Å². The average molecular weight is 482 g/mol. The van der Waals surface area contributed by atoms with Crippen LogP contribution in [0.15, 0.2) is 42.5 Å². The van der Waals surface area contributed by atoms with E-state index in [0.717, 1.165) is 58.5 Å². The molecule has 2 aromatic heterocycles. The molecule has 170 valence electrons. The van der Waals surface area contributed by atoms with Gasteiger partial charge in [0.05, 0.1) is 23.4 Å². The van der Waals surface area contributed by atoms with Crippen molar-refractivity contribution >= 4 is 55.0 Å². The number of phenols is 1. The van der Waals surface area contributed by atoms with E-state index in [-0.39, 0.29) is 23.6 Å². The van der Waals surface area contributed by atoms with Crippen LogP contribution < -0.4 is 5.32 Å². The molecule has 1 aliphatic carbocycles. The molecule has 8 heteroatoms. The predicted molar refractivity (Wildman–Crippen MR) is 132 cm³/mol. The van der Waals surface area contributed by atoms with Gasteiger partial charge in [0.25, 0.3) is 0 Å². The molecule has 5 rings (SSSR count). The molecule has 2 N–H and O–H groups in total. The molecule has 4 aromatic rings. The minimum atomic E-state index is -0.121. The summed E-state index contributed by atoms with van der Waals surface area (Å²) in [5.41, 5.74) is 0.948. The standard InChI is InChI=1S/C25H24ClN3O3S/c1-32-25(31)16-9-7-15(8-10-16)22-28-23(27-13-14-6-11-19(30)18(26)12-14)21-17-4-2-3-5-20(17)33-24(21)29-22/h2-6,11-12,15-16,30H,7-10,13H2,1H3,(H,27,28,29). The molecule has 0 saturated heterocycles. The number of anilines is 1. The van der Waals surface area contributed by atoms with Gasteiger partial charge in [-0.3, -0.25) is 4.79 Å². The quantitative estimate of drug-likeness (QED) is 0.327. The highest BCUT2D eigenvalue weighted by atomic mass is 35.5. The first-order chi connectivity index (χ1) is 16.0. The third-order valence-corrected chi connectivity index (χ3v) is 7.72. The first-order valence-electron chi connectivity index (χ1n) is 11.0. The van der Waals surface area contributed by atoms with Gasteiger partial charge in [-0.15, -0.1) is 11.3 Å². The molecule has 0 unspecified atom stereocenters. The lowest BCUT2D eigenvalue weighted by Gasteiger charge is -2.26. The molecule has 0 amide bonds. The van der Waals surface area contributed by atoms with Crippen LogP contribution in [0.5, 0.6) is 5.75 Å². The SMILES string of the molecule is COC(=O)C1CCC(c2nc(NCc3ccc(O)c(Cl)c3)c3c(n2)sc2ccccc23)CC1. The molecular formula is C25H24ClN3O3S. The van der Waals surface area contributed by atoms with Crippen molar-refractivity contribution in [2.75, 3.05) is 12.4 Å². The topological polar surface area (TPSA) is 84.3 Å². The van der Waals surface area contributed by atoms with Crippen LogP contribution in [0.1, 0.15) is 43.0 Å². The maximum Gasteiger partial charge on any atom is 0.308 e. The molecule has 0 atom stereocenters. The number of esters is 1. The Morgan fingerprint density at radius 3 is 2.73 bits per heavy atom. The normalized spacial score (nSPS) is 18.5. The van der Waals surface area contributed by atoms with Gasteiger partial charge in [-0.25, -0.2) is 9.97 Å². The summed E-state index contributed by atoms with van der Waals surface area (Å²) in [6.45, 7) is 0.519. The molecule has 1 fully saturated rings. The van der Waals surface area contributed by atoms with Crippen LogP contribution in [-0.4, -0.2) is 28.2 Å². The zero-order chi connectivity index (χ0) is 22.9. The molecule has 1 aliphatic rings. The van der Waals surface area contributed by atoms with Gasteiger partial charge in [0, 0.05) is 22.5 Å². The zero-order valence-corrected chi connectivity index (χ0v) is 19.7. The number of benzene rings is 2. The van der Waals surface area contributed by atoms with E-state index in [2.05, 4.69) is 17.4 Å². The largest absolute Gasteiger partial charge is 0.506 e. The molecule has 0 bridgehead atoms. The fraction of sp³-hybridized carbons (Fsp3) is 0.320. The summed E-state index contributed by atoms with van der Waals surface area (Å²) < 4.78 is 6.10. The van der Waals surface area contributed by atoms with Crippen molar-refractivity contribution < 1.29 is 14.6 Å². The molecule has 2 heterocycles. The fourth-order valence-corrected chi connectivity index (χ4v) is 5.84. The highest BCUT2D eigenvalue weighted by molar-refractivity contribution is 7.25. The maximum atomic E-state index is 11.9. The number of hydrogen-bond acceptors (Lipinski definition) is 7. The van der Waals surface area contributed by atoms with Gasteiger partial charge in [0.1, 0.15) is 22.2 Å². The Kier molecular flexibility index (Phi) is 6.08. The van der Waals surface area contributed by atoms with Crippen LogP contribution in [0.4, 0.5) is 5.82 Å². The number of hydrogen-bond donors (Lipinski definition) is 2. The summed E-state index contributed by atoms with van der Waals surface area (Å²) in [5, 5.41) is 15.7. The predicted octanol–water partition coefficient (Wildman–Crippen LogP) is 6.26. The van der Waals surface area contributed by atoms with Gasteiger partial charge in [-0.2, -0.15) is 0 Å². The molecule has 0 radical (unpaired) electrons. The maximum absolute atomic E-state index is 11.9. The second kappa shape index (κ2) is 9.15. The lowest BCUT2D eigenvalue weighted by atomic mass is 9.81. The number of thiophene rings is 1. The number of aromatic nitrogens is 2. The van der Waals surface area contributed by atoms with Gasteiger partial charge < -0.3 is 15.2 Å². The summed E-state index contributed by atoms with van der Waals surface area (Å²) in [6.07, 6.45) is 3.31. The summed E-state index contributed by atoms with van der Waals surface area (Å²) in [6, 6.07) is 13.5. The van der Waals surface area contributed by atoms with E-state index in [1.54, 1.807) is 23.5 Å². The number of carbonyl (C=O) groups excluding carboxylic acids is 1. The lowest BCUT2D eigenvalue weighted by Crippen LogP contribution is -2.23. The molecule has 2 aromatic carbocycles. The van der Waals surface area contributed by atoms with Gasteiger partial charge >= 0.3 is 5.97 Å². The van der Waals surface area contributed by atoms with Gasteiger partial charge in [0.15, 0.2) is 0 Å². The highest BCUT2D eigenvalue weighted by Gasteiger charge is 2.30. The Labute approximate surface area is 200 Å². The zero-order valence-electron chi connectivity index (χ0n) is 18.2. The Hall–Kier alpha value is -2.90. The molecular weight excluding hydrogens is 458 g/mol. The Morgan fingerprint density at radius 2 is 1.97 bits per heavy atom. The van der Waals surface area contributed by atoms with Gasteiger partial charge in [0.2, 0.25) is 0 Å². The number of phenolic OH excluding ortho intramolecular Hbond substituents is 1. The van der Waals surface area contributed by atoms with E-state index in [9.17, 15) is 9.90 Å². The van der Waals surface area contributed by atoms with Gasteiger partial charge in [-0.1, -0.05) is 35.9 Å². The van der Waals surface area contributed by atoms with E-state index in [1.165, 1.54) is 11.8 Å². The monoisotopic (exact) mass is 481 g/mol. The third kappa shape index (κ3) is 4.35. The van der Waals surface area contributed by atoms with Crippen molar-refractivity contribution in [3.05, 3.63) is 58.9 Å². The van der Waals surface area contributed by atoms with Crippen LogP contribution in [-0.2, 0) is 16.1 Å². The number of methoxy groups -OCH3 is 1. The van der Waals surface area contributed by atoms with Crippen LogP contribution in [0.25, 0.3) is 20.3 Å². The Balaban J connectivity index is 1.49. The van der Waals surface area contributed by atoms with E-state index < -0.39 is 0 Å². The van der Waals surface area contributed by atoms with E-state index in [1.807, 2.05) is 18.2 Å². The summed E-state index contributed by atoms with van der Waals surface area (Å²) in [4.78, 5) is 22.8. The molecule has 0 aliphatic heterocycles. The summed E-state index contributed by atoms with van der Waals surface area (Å²) in [7, 11) is 1.45. The molecule has 33 heavy (non-hydrogen) atoms. The van der Waals surface area contributed by atoms with Crippen LogP contribution in [0.3, 0.4) is 0 Å².